The second kappa shape index (κ2) is 10.4. The first kappa shape index (κ1) is 23.1. The normalized spacial score (nSPS) is 11.0. The van der Waals surface area contributed by atoms with Gasteiger partial charge in [0.2, 0.25) is 5.91 Å². The van der Waals surface area contributed by atoms with Gasteiger partial charge in [0.1, 0.15) is 12.3 Å². The van der Waals surface area contributed by atoms with Crippen molar-refractivity contribution in [3.05, 3.63) is 54.1 Å². The maximum atomic E-state index is 12.1. The third kappa shape index (κ3) is 8.17. The number of guanidine groups is 1. The molecule has 0 saturated carbocycles. The van der Waals surface area contributed by atoms with Gasteiger partial charge in [0.25, 0.3) is 0 Å². The van der Waals surface area contributed by atoms with E-state index in [1.54, 1.807) is 24.3 Å². The third-order valence-electron chi connectivity index (χ3n) is 3.07. The molecule has 0 atom stereocenters. The van der Waals surface area contributed by atoms with Crippen LogP contribution in [0.15, 0.2) is 53.5 Å². The first-order chi connectivity index (χ1) is 12.7. The predicted octanol–water partition coefficient (Wildman–Crippen LogP) is 3.55. The number of carbonyl (C=O) groups excluding carboxylic acids is 1. The fraction of sp³-hybridized carbons (Fsp3) is 0.111. The molecule has 2 aromatic carbocycles. The number of hydrogen-bond donors (Lipinski definition) is 3. The van der Waals surface area contributed by atoms with E-state index in [-0.39, 0.29) is 42.2 Å². The van der Waals surface area contributed by atoms with Crippen LogP contribution in [0.2, 0.25) is 0 Å². The molecule has 4 N–H and O–H groups in total. The molecule has 0 unspecified atom stereocenters. The third-order valence-corrected chi connectivity index (χ3v) is 3.07. The predicted molar refractivity (Wildman–Crippen MR) is 112 cm³/mol. The minimum atomic E-state index is -4.76. The molecule has 0 spiro atoms. The van der Waals surface area contributed by atoms with Crippen LogP contribution in [0.25, 0.3) is 0 Å². The number of halogens is 4. The van der Waals surface area contributed by atoms with Crippen molar-refractivity contribution >= 4 is 47.2 Å². The number of alkyl halides is 3. The van der Waals surface area contributed by atoms with Crippen LogP contribution >= 0.6 is 24.0 Å². The number of nitrogens with two attached hydrogens (primary N) is 1. The monoisotopic (exact) mass is 504 g/mol. The van der Waals surface area contributed by atoms with Gasteiger partial charge in [0, 0.05) is 16.9 Å². The molecule has 0 radical (unpaired) electrons. The van der Waals surface area contributed by atoms with Crippen LogP contribution < -0.4 is 21.1 Å². The molecule has 0 aliphatic heterocycles. The van der Waals surface area contributed by atoms with Gasteiger partial charge >= 0.3 is 6.36 Å². The van der Waals surface area contributed by atoms with Crippen LogP contribution in [-0.2, 0) is 4.79 Å². The van der Waals surface area contributed by atoms with Gasteiger partial charge < -0.3 is 21.1 Å². The molecule has 2 aromatic rings. The summed E-state index contributed by atoms with van der Waals surface area (Å²) in [5, 5.41) is 5.27. The number of nitrogens with zero attached hydrogens (tertiary/aromatic N) is 1. The summed E-state index contributed by atoms with van der Waals surface area (Å²) in [4.78, 5) is 15.7. The summed E-state index contributed by atoms with van der Waals surface area (Å²) in [6.07, 6.45) is 0.526. The average molecular weight is 504 g/mol. The number of hydrogen-bond acceptors (Lipinski definition) is 3. The number of terminal acetylenes is 1. The Bertz CT molecular complexity index is 878. The van der Waals surface area contributed by atoms with E-state index in [0.29, 0.717) is 16.9 Å². The van der Waals surface area contributed by atoms with Crippen LogP contribution in [0.5, 0.6) is 5.75 Å². The zero-order chi connectivity index (χ0) is 19.9. The Morgan fingerprint density at radius 1 is 1.14 bits per heavy atom. The summed E-state index contributed by atoms with van der Waals surface area (Å²) < 4.78 is 40.1. The van der Waals surface area contributed by atoms with Gasteiger partial charge in [0.05, 0.1) is 0 Å². The van der Waals surface area contributed by atoms with E-state index >= 15 is 0 Å². The van der Waals surface area contributed by atoms with Crippen molar-refractivity contribution in [3.8, 4) is 18.1 Å². The number of benzene rings is 2. The molecule has 10 heteroatoms. The molecule has 0 saturated heterocycles. The van der Waals surface area contributed by atoms with E-state index in [9.17, 15) is 18.0 Å². The fourth-order valence-electron chi connectivity index (χ4n) is 1.97. The number of rotatable bonds is 5. The number of carbonyl (C=O) groups is 1. The summed E-state index contributed by atoms with van der Waals surface area (Å²) in [6.45, 7) is -0.256. The zero-order valence-electron chi connectivity index (χ0n) is 14.3. The van der Waals surface area contributed by atoms with Gasteiger partial charge in [-0.25, -0.2) is 4.99 Å². The van der Waals surface area contributed by atoms with Crippen LogP contribution in [0, 0.1) is 12.3 Å². The second-order valence-corrected chi connectivity index (χ2v) is 5.17. The van der Waals surface area contributed by atoms with Crippen molar-refractivity contribution in [2.24, 2.45) is 10.7 Å². The van der Waals surface area contributed by atoms with E-state index in [1.807, 2.05) is 0 Å². The lowest BCUT2D eigenvalue weighted by Crippen LogP contribution is -2.25. The number of anilines is 2. The zero-order valence-corrected chi connectivity index (χ0v) is 16.6. The Hall–Kier alpha value is -2.94. The molecule has 0 aromatic heterocycles. The largest absolute Gasteiger partial charge is 0.573 e. The molecular formula is C18H16F3IN4O2. The van der Waals surface area contributed by atoms with Crippen molar-refractivity contribution in [3.63, 3.8) is 0 Å². The Morgan fingerprint density at radius 3 is 2.43 bits per heavy atom. The topological polar surface area (TPSA) is 88.7 Å². The van der Waals surface area contributed by atoms with Crippen molar-refractivity contribution in [1.82, 2.24) is 0 Å². The molecule has 0 aliphatic carbocycles. The van der Waals surface area contributed by atoms with Crippen LogP contribution in [-0.4, -0.2) is 24.8 Å². The lowest BCUT2D eigenvalue weighted by Gasteiger charge is -2.10. The van der Waals surface area contributed by atoms with Gasteiger partial charge in [-0.05, 0) is 42.5 Å². The van der Waals surface area contributed by atoms with Gasteiger partial charge in [-0.1, -0.05) is 12.0 Å². The number of ether oxygens (including phenoxy) is 1. The van der Waals surface area contributed by atoms with Crippen molar-refractivity contribution in [2.75, 3.05) is 17.2 Å². The van der Waals surface area contributed by atoms with Gasteiger partial charge in [-0.3, -0.25) is 4.79 Å². The minimum Gasteiger partial charge on any atom is -0.406 e. The molecule has 0 fully saturated rings. The molecular weight excluding hydrogens is 488 g/mol. The standard InChI is InChI=1S/C18H15F3N4O2.HI/c1-2-12-4-3-5-14(10-12)24-16(26)11-23-17(22)25-13-6-8-15(9-7-13)27-18(19,20)21;/h1,3-10H,11H2,(H,24,26)(H3,22,23,25);1H. The highest BCUT2D eigenvalue weighted by atomic mass is 127. The number of aliphatic imine (C=N–C) groups is 1. The summed E-state index contributed by atoms with van der Waals surface area (Å²) in [6, 6.07) is 11.6. The van der Waals surface area contributed by atoms with E-state index < -0.39 is 12.3 Å². The lowest BCUT2D eigenvalue weighted by molar-refractivity contribution is -0.274. The van der Waals surface area contributed by atoms with E-state index in [0.717, 1.165) is 12.1 Å². The first-order valence-electron chi connectivity index (χ1n) is 7.54. The fourth-order valence-corrected chi connectivity index (χ4v) is 1.97. The van der Waals surface area contributed by atoms with Crippen LogP contribution in [0.4, 0.5) is 24.5 Å². The molecule has 0 aliphatic rings. The van der Waals surface area contributed by atoms with Crippen LogP contribution in [0.3, 0.4) is 0 Å². The average Bonchev–Trinajstić information content (AvgIpc) is 2.60. The molecule has 28 heavy (non-hydrogen) atoms. The highest BCUT2D eigenvalue weighted by Crippen LogP contribution is 2.23. The van der Waals surface area contributed by atoms with Gasteiger partial charge in [-0.15, -0.1) is 43.6 Å². The highest BCUT2D eigenvalue weighted by Gasteiger charge is 2.30. The van der Waals surface area contributed by atoms with Gasteiger partial charge in [0.15, 0.2) is 5.96 Å². The molecule has 1 amide bonds. The van der Waals surface area contributed by atoms with E-state index in [1.165, 1.54) is 12.1 Å². The summed E-state index contributed by atoms with van der Waals surface area (Å²) in [5.41, 5.74) is 7.18. The minimum absolute atomic E-state index is 0. The molecule has 2 rings (SSSR count). The van der Waals surface area contributed by atoms with Crippen molar-refractivity contribution in [1.29, 1.82) is 0 Å². The van der Waals surface area contributed by atoms with Crippen molar-refractivity contribution in [2.45, 2.75) is 6.36 Å². The van der Waals surface area contributed by atoms with Crippen LogP contribution in [0.1, 0.15) is 5.56 Å². The SMILES string of the molecule is C#Cc1cccc(NC(=O)CN=C(N)Nc2ccc(OC(F)(F)F)cc2)c1.I. The van der Waals surface area contributed by atoms with Gasteiger partial charge in [-0.2, -0.15) is 0 Å². The van der Waals surface area contributed by atoms with E-state index in [4.69, 9.17) is 12.2 Å². The highest BCUT2D eigenvalue weighted by molar-refractivity contribution is 14.0. The Balaban J connectivity index is 0.00000392. The number of amides is 1. The summed E-state index contributed by atoms with van der Waals surface area (Å²) >= 11 is 0. The Labute approximate surface area is 176 Å². The summed E-state index contributed by atoms with van der Waals surface area (Å²) in [5.74, 6) is 1.60. The maximum absolute atomic E-state index is 12.1. The summed E-state index contributed by atoms with van der Waals surface area (Å²) in [7, 11) is 0. The van der Waals surface area contributed by atoms with Crippen molar-refractivity contribution < 1.29 is 22.7 Å². The molecule has 0 bridgehead atoms. The molecule has 0 heterocycles. The number of nitrogens with one attached hydrogen (secondary N) is 2. The smallest absolute Gasteiger partial charge is 0.406 e. The molecule has 148 valence electrons. The quantitative estimate of drug-likeness (QED) is 0.252. The molecule has 6 nitrogen and oxygen atoms in total. The first-order valence-corrected chi connectivity index (χ1v) is 7.54. The Morgan fingerprint density at radius 2 is 1.82 bits per heavy atom. The maximum Gasteiger partial charge on any atom is 0.573 e. The van der Waals surface area contributed by atoms with E-state index in [2.05, 4.69) is 26.3 Å². The second-order valence-electron chi connectivity index (χ2n) is 5.17. The Kier molecular flexibility index (Phi) is 8.59. The lowest BCUT2D eigenvalue weighted by atomic mass is 10.2.